The van der Waals surface area contributed by atoms with Gasteiger partial charge in [-0.15, -0.1) is 0 Å². The van der Waals surface area contributed by atoms with Crippen molar-refractivity contribution in [2.24, 2.45) is 0 Å². The summed E-state index contributed by atoms with van der Waals surface area (Å²) in [7, 11) is 0. The minimum Gasteiger partial charge on any atom is -0.493 e. The number of ketones is 2. The van der Waals surface area contributed by atoms with Gasteiger partial charge in [0.25, 0.3) is 0 Å². The number of carbonyl (C=O) groups excluding carboxylic acids is 3. The fraction of sp³-hybridized carbons (Fsp3) is 0.161. The van der Waals surface area contributed by atoms with E-state index in [1.54, 1.807) is 18.2 Å². The Kier molecular flexibility index (Phi) is 6.90. The van der Waals surface area contributed by atoms with Crippen LogP contribution in [-0.4, -0.2) is 29.1 Å². The molecule has 5 rings (SSSR count). The number of ether oxygens (including phenoxy) is 1. The molecule has 0 bridgehead atoms. The highest BCUT2D eigenvalue weighted by Gasteiger charge is 2.17. The standard InChI is InChI=1S/C31H26N2O4/c1-20(34)22-8-5-9-23(16-22)26-18-27(21-6-3-2-4-7-21)32-30(19-26)33-31(36)13-11-28(35)24-10-12-29-25(17-24)14-15-37-29/h2-10,12,16-19H,11,13-15H2,1H3,(H,32,33,36). The first-order valence-electron chi connectivity index (χ1n) is 12.2. The number of hydrogen-bond donors (Lipinski definition) is 1. The van der Waals surface area contributed by atoms with Crippen LogP contribution in [0.3, 0.4) is 0 Å². The number of nitrogens with one attached hydrogen (secondary N) is 1. The van der Waals surface area contributed by atoms with Crippen molar-refractivity contribution in [3.05, 3.63) is 102 Å². The molecule has 37 heavy (non-hydrogen) atoms. The van der Waals surface area contributed by atoms with Gasteiger partial charge in [-0.3, -0.25) is 14.4 Å². The van der Waals surface area contributed by atoms with Crippen molar-refractivity contribution in [1.29, 1.82) is 0 Å². The average Bonchev–Trinajstić information content (AvgIpc) is 3.40. The highest BCUT2D eigenvalue weighted by molar-refractivity contribution is 6.00. The van der Waals surface area contributed by atoms with Crippen molar-refractivity contribution < 1.29 is 19.1 Å². The van der Waals surface area contributed by atoms with Gasteiger partial charge in [-0.25, -0.2) is 4.98 Å². The van der Waals surface area contributed by atoms with E-state index >= 15 is 0 Å². The third kappa shape index (κ3) is 5.64. The zero-order valence-electron chi connectivity index (χ0n) is 20.5. The third-order valence-corrected chi connectivity index (χ3v) is 6.36. The predicted octanol–water partition coefficient (Wildman–Crippen LogP) is 6.15. The van der Waals surface area contributed by atoms with Gasteiger partial charge in [0.2, 0.25) is 5.91 Å². The van der Waals surface area contributed by atoms with Gasteiger partial charge in [-0.05, 0) is 60.0 Å². The number of pyridine rings is 1. The minimum atomic E-state index is -0.293. The Morgan fingerprint density at radius 3 is 2.43 bits per heavy atom. The summed E-state index contributed by atoms with van der Waals surface area (Å²) in [5.41, 5.74) is 5.49. The molecule has 184 valence electrons. The Labute approximate surface area is 215 Å². The monoisotopic (exact) mass is 490 g/mol. The normalized spacial score (nSPS) is 11.9. The minimum absolute atomic E-state index is 0.0201. The van der Waals surface area contributed by atoms with Crippen LogP contribution in [0.25, 0.3) is 22.4 Å². The molecule has 1 aliphatic rings. The molecule has 0 saturated carbocycles. The highest BCUT2D eigenvalue weighted by atomic mass is 16.5. The molecule has 0 radical (unpaired) electrons. The van der Waals surface area contributed by atoms with Gasteiger partial charge in [0, 0.05) is 36.0 Å². The molecule has 6 heteroatoms. The second-order valence-corrected chi connectivity index (χ2v) is 9.02. The average molecular weight is 491 g/mol. The lowest BCUT2D eigenvalue weighted by molar-refractivity contribution is -0.116. The molecule has 1 N–H and O–H groups in total. The fourth-order valence-corrected chi connectivity index (χ4v) is 4.37. The molecule has 1 aliphatic heterocycles. The first-order chi connectivity index (χ1) is 18.0. The van der Waals surface area contributed by atoms with E-state index in [9.17, 15) is 14.4 Å². The number of aromatic nitrogens is 1. The van der Waals surface area contributed by atoms with Gasteiger partial charge in [0.1, 0.15) is 11.6 Å². The van der Waals surface area contributed by atoms with E-state index in [1.807, 2.05) is 66.7 Å². The maximum atomic E-state index is 12.8. The van der Waals surface area contributed by atoms with Crippen LogP contribution in [0.2, 0.25) is 0 Å². The van der Waals surface area contributed by atoms with Crippen LogP contribution in [0, 0.1) is 0 Å². The number of anilines is 1. The van der Waals surface area contributed by atoms with E-state index in [0.717, 1.165) is 34.4 Å². The Hall–Kier alpha value is -4.58. The molecule has 0 fully saturated rings. The van der Waals surface area contributed by atoms with Crippen molar-refractivity contribution in [2.75, 3.05) is 11.9 Å². The van der Waals surface area contributed by atoms with Gasteiger partial charge in [-0.1, -0.05) is 48.5 Å². The predicted molar refractivity (Wildman–Crippen MR) is 143 cm³/mol. The van der Waals surface area contributed by atoms with Gasteiger partial charge in [0.15, 0.2) is 11.6 Å². The third-order valence-electron chi connectivity index (χ3n) is 6.36. The van der Waals surface area contributed by atoms with E-state index < -0.39 is 0 Å². The quantitative estimate of drug-likeness (QED) is 0.299. The van der Waals surface area contributed by atoms with Crippen LogP contribution < -0.4 is 10.1 Å². The van der Waals surface area contributed by atoms with Crippen LogP contribution in [-0.2, 0) is 11.2 Å². The van der Waals surface area contributed by atoms with Crippen LogP contribution >= 0.6 is 0 Å². The molecule has 0 spiro atoms. The molecule has 0 aliphatic carbocycles. The zero-order chi connectivity index (χ0) is 25.8. The van der Waals surface area contributed by atoms with Crippen LogP contribution in [0.4, 0.5) is 5.82 Å². The topological polar surface area (TPSA) is 85.4 Å². The van der Waals surface area contributed by atoms with Gasteiger partial charge < -0.3 is 10.1 Å². The van der Waals surface area contributed by atoms with E-state index in [-0.39, 0.29) is 30.3 Å². The maximum absolute atomic E-state index is 12.8. The highest BCUT2D eigenvalue weighted by Crippen LogP contribution is 2.29. The summed E-state index contributed by atoms with van der Waals surface area (Å²) in [5.74, 6) is 0.810. The molecule has 0 saturated heterocycles. The van der Waals surface area contributed by atoms with Gasteiger partial charge in [0.05, 0.1) is 12.3 Å². The summed E-state index contributed by atoms with van der Waals surface area (Å²) in [6.45, 7) is 2.16. The van der Waals surface area contributed by atoms with E-state index in [4.69, 9.17) is 4.74 Å². The number of Topliss-reactive ketones (excluding diaryl/α,β-unsaturated/α-hetero) is 2. The molecule has 2 heterocycles. The molecular formula is C31H26N2O4. The number of benzene rings is 3. The second-order valence-electron chi connectivity index (χ2n) is 9.02. The van der Waals surface area contributed by atoms with Crippen molar-refractivity contribution in [3.63, 3.8) is 0 Å². The lowest BCUT2D eigenvalue weighted by Crippen LogP contribution is -2.14. The summed E-state index contributed by atoms with van der Waals surface area (Å²) in [5, 5.41) is 2.86. The lowest BCUT2D eigenvalue weighted by atomic mass is 10.00. The van der Waals surface area contributed by atoms with E-state index in [1.165, 1.54) is 6.92 Å². The Morgan fingerprint density at radius 2 is 1.62 bits per heavy atom. The molecule has 0 unspecified atom stereocenters. The molecule has 6 nitrogen and oxygen atoms in total. The first kappa shape index (κ1) is 24.1. The number of rotatable bonds is 8. The summed E-state index contributed by atoms with van der Waals surface area (Å²) < 4.78 is 5.50. The number of hydrogen-bond acceptors (Lipinski definition) is 5. The van der Waals surface area contributed by atoms with Crippen LogP contribution in [0.1, 0.15) is 46.0 Å². The Morgan fingerprint density at radius 1 is 0.811 bits per heavy atom. The lowest BCUT2D eigenvalue weighted by Gasteiger charge is -2.11. The first-order valence-corrected chi connectivity index (χ1v) is 12.2. The van der Waals surface area contributed by atoms with Crippen LogP contribution in [0.15, 0.2) is 84.9 Å². The van der Waals surface area contributed by atoms with Crippen molar-refractivity contribution in [2.45, 2.75) is 26.2 Å². The zero-order valence-corrected chi connectivity index (χ0v) is 20.5. The maximum Gasteiger partial charge on any atom is 0.225 e. The fourth-order valence-electron chi connectivity index (χ4n) is 4.37. The van der Waals surface area contributed by atoms with Crippen molar-refractivity contribution in [3.8, 4) is 28.1 Å². The largest absolute Gasteiger partial charge is 0.493 e. The molecule has 1 aromatic heterocycles. The van der Waals surface area contributed by atoms with Crippen molar-refractivity contribution >= 4 is 23.3 Å². The number of fused-ring (bicyclic) bond motifs is 1. The molecule has 3 aromatic carbocycles. The summed E-state index contributed by atoms with van der Waals surface area (Å²) in [6.07, 6.45) is 0.925. The van der Waals surface area contributed by atoms with Crippen LogP contribution in [0.5, 0.6) is 5.75 Å². The van der Waals surface area contributed by atoms with Gasteiger partial charge >= 0.3 is 0 Å². The van der Waals surface area contributed by atoms with E-state index in [2.05, 4.69) is 10.3 Å². The van der Waals surface area contributed by atoms with Crippen molar-refractivity contribution in [1.82, 2.24) is 4.98 Å². The number of amides is 1. The molecular weight excluding hydrogens is 464 g/mol. The smallest absolute Gasteiger partial charge is 0.225 e. The summed E-state index contributed by atoms with van der Waals surface area (Å²) in [4.78, 5) is 42.1. The Balaban J connectivity index is 1.35. The molecule has 1 amide bonds. The van der Waals surface area contributed by atoms with E-state index in [0.29, 0.717) is 29.2 Å². The SMILES string of the molecule is CC(=O)c1cccc(-c2cc(NC(=O)CCC(=O)c3ccc4c(c3)CCO4)nc(-c3ccccc3)c2)c1. The number of nitrogens with zero attached hydrogens (tertiary/aromatic N) is 1. The Bertz CT molecular complexity index is 1490. The molecule has 4 aromatic rings. The summed E-state index contributed by atoms with van der Waals surface area (Å²) >= 11 is 0. The molecule has 0 atom stereocenters. The summed E-state index contributed by atoms with van der Waals surface area (Å²) in [6, 6.07) is 26.2. The number of carbonyl (C=O) groups is 3. The second kappa shape index (κ2) is 10.6. The van der Waals surface area contributed by atoms with Gasteiger partial charge in [-0.2, -0.15) is 0 Å².